The first-order valence-electron chi connectivity index (χ1n) is 7.85. The molecule has 2 heterocycles. The molecule has 0 aromatic carbocycles. The summed E-state index contributed by atoms with van der Waals surface area (Å²) >= 11 is 0. The second-order valence-electron chi connectivity index (χ2n) is 6.60. The van der Waals surface area contributed by atoms with Crippen LogP contribution in [0.15, 0.2) is 12.5 Å². The number of hydrogen-bond acceptors (Lipinski definition) is 2. The summed E-state index contributed by atoms with van der Waals surface area (Å²) in [7, 11) is 0. The first-order chi connectivity index (χ1) is 9.08. The summed E-state index contributed by atoms with van der Waals surface area (Å²) < 4.78 is 2.39. The number of rotatable bonds is 5. The molecule has 0 radical (unpaired) electrons. The molecule has 1 aliphatic rings. The molecule has 0 spiro atoms. The van der Waals surface area contributed by atoms with E-state index in [2.05, 4.69) is 48.8 Å². The molecular weight excluding hydrogens is 234 g/mol. The van der Waals surface area contributed by atoms with Crippen molar-refractivity contribution in [3.63, 3.8) is 0 Å². The third-order valence-electron chi connectivity index (χ3n) is 4.31. The Labute approximate surface area is 117 Å². The van der Waals surface area contributed by atoms with Crippen LogP contribution in [0.5, 0.6) is 0 Å². The van der Waals surface area contributed by atoms with Crippen molar-refractivity contribution in [3.05, 3.63) is 18.2 Å². The van der Waals surface area contributed by atoms with E-state index in [0.717, 1.165) is 5.92 Å². The molecule has 108 valence electrons. The summed E-state index contributed by atoms with van der Waals surface area (Å²) in [6.07, 6.45) is 10.5. The summed E-state index contributed by atoms with van der Waals surface area (Å²) in [5.74, 6) is 0.780. The van der Waals surface area contributed by atoms with Crippen molar-refractivity contribution < 1.29 is 0 Å². The molecule has 1 N–H and O–H groups in total. The van der Waals surface area contributed by atoms with Crippen molar-refractivity contribution >= 4 is 0 Å². The molecule has 3 nitrogen and oxygen atoms in total. The molecule has 3 unspecified atom stereocenters. The highest BCUT2D eigenvalue weighted by Crippen LogP contribution is 2.28. The molecule has 2 rings (SSSR count). The van der Waals surface area contributed by atoms with Gasteiger partial charge in [-0.2, -0.15) is 0 Å². The highest BCUT2D eigenvalue weighted by atomic mass is 15.1. The van der Waals surface area contributed by atoms with Crippen molar-refractivity contribution in [2.24, 2.45) is 5.92 Å². The highest BCUT2D eigenvalue weighted by Gasteiger charge is 2.23. The highest BCUT2D eigenvalue weighted by molar-refractivity contribution is 5.08. The molecule has 1 aromatic rings. The maximum atomic E-state index is 4.39. The Hall–Kier alpha value is -0.830. The Morgan fingerprint density at radius 3 is 2.79 bits per heavy atom. The SMILES string of the molecule is CC(C)CCC(C)n1cncc1C1CCCC(C)N1. The van der Waals surface area contributed by atoms with Crippen LogP contribution in [0.25, 0.3) is 0 Å². The van der Waals surface area contributed by atoms with Gasteiger partial charge < -0.3 is 9.88 Å². The number of aromatic nitrogens is 2. The average molecular weight is 263 g/mol. The number of piperidine rings is 1. The van der Waals surface area contributed by atoms with Crippen LogP contribution in [-0.2, 0) is 0 Å². The number of imidazole rings is 1. The summed E-state index contributed by atoms with van der Waals surface area (Å²) in [6, 6.07) is 1.68. The maximum Gasteiger partial charge on any atom is 0.0951 e. The zero-order chi connectivity index (χ0) is 13.8. The van der Waals surface area contributed by atoms with E-state index >= 15 is 0 Å². The fourth-order valence-electron chi connectivity index (χ4n) is 3.04. The Morgan fingerprint density at radius 1 is 1.32 bits per heavy atom. The van der Waals surface area contributed by atoms with Gasteiger partial charge in [0, 0.05) is 24.3 Å². The molecule has 3 atom stereocenters. The van der Waals surface area contributed by atoms with Crippen LogP contribution in [0.4, 0.5) is 0 Å². The maximum absolute atomic E-state index is 4.39. The van der Waals surface area contributed by atoms with E-state index in [1.165, 1.54) is 37.8 Å². The van der Waals surface area contributed by atoms with E-state index in [0.29, 0.717) is 18.1 Å². The lowest BCUT2D eigenvalue weighted by atomic mass is 9.97. The minimum absolute atomic E-state index is 0.493. The molecule has 0 bridgehead atoms. The summed E-state index contributed by atoms with van der Waals surface area (Å²) in [5, 5.41) is 3.72. The molecule has 1 aliphatic heterocycles. The standard InChI is InChI=1S/C16H29N3/c1-12(2)8-9-14(4)19-11-17-10-16(19)15-7-5-6-13(3)18-15/h10-15,18H,5-9H2,1-4H3. The Morgan fingerprint density at radius 2 is 2.11 bits per heavy atom. The molecule has 0 saturated carbocycles. The zero-order valence-corrected chi connectivity index (χ0v) is 12.9. The van der Waals surface area contributed by atoms with Gasteiger partial charge >= 0.3 is 0 Å². The Balaban J connectivity index is 2.04. The lowest BCUT2D eigenvalue weighted by Crippen LogP contribution is -2.35. The van der Waals surface area contributed by atoms with Gasteiger partial charge in [-0.05, 0) is 51.9 Å². The van der Waals surface area contributed by atoms with Crippen LogP contribution < -0.4 is 5.32 Å². The fraction of sp³-hybridized carbons (Fsp3) is 0.812. The Bertz CT molecular complexity index is 383. The lowest BCUT2D eigenvalue weighted by Gasteiger charge is -2.30. The molecule has 0 amide bonds. The largest absolute Gasteiger partial charge is 0.330 e. The van der Waals surface area contributed by atoms with Crippen LogP contribution in [-0.4, -0.2) is 15.6 Å². The monoisotopic (exact) mass is 263 g/mol. The van der Waals surface area contributed by atoms with Gasteiger partial charge in [-0.3, -0.25) is 0 Å². The van der Waals surface area contributed by atoms with Gasteiger partial charge in [0.1, 0.15) is 0 Å². The zero-order valence-electron chi connectivity index (χ0n) is 12.9. The van der Waals surface area contributed by atoms with Crippen molar-refractivity contribution in [2.75, 3.05) is 0 Å². The molecular formula is C16H29N3. The van der Waals surface area contributed by atoms with E-state index in [1.54, 1.807) is 0 Å². The predicted molar refractivity (Wildman–Crippen MR) is 80.2 cm³/mol. The third kappa shape index (κ3) is 3.82. The van der Waals surface area contributed by atoms with Crippen molar-refractivity contribution in [2.45, 2.75) is 77.9 Å². The van der Waals surface area contributed by atoms with Gasteiger partial charge in [0.05, 0.1) is 12.0 Å². The van der Waals surface area contributed by atoms with Crippen LogP contribution in [0, 0.1) is 5.92 Å². The summed E-state index contributed by atoms with van der Waals surface area (Å²) in [6.45, 7) is 9.20. The molecule has 0 aliphatic carbocycles. The van der Waals surface area contributed by atoms with Gasteiger partial charge in [-0.25, -0.2) is 4.98 Å². The molecule has 1 aromatic heterocycles. The number of nitrogens with zero attached hydrogens (tertiary/aromatic N) is 2. The van der Waals surface area contributed by atoms with Gasteiger partial charge in [0.25, 0.3) is 0 Å². The molecule has 19 heavy (non-hydrogen) atoms. The van der Waals surface area contributed by atoms with E-state index < -0.39 is 0 Å². The summed E-state index contributed by atoms with van der Waals surface area (Å²) in [5.41, 5.74) is 1.38. The van der Waals surface area contributed by atoms with Crippen LogP contribution in [0.2, 0.25) is 0 Å². The van der Waals surface area contributed by atoms with Gasteiger partial charge in [0.2, 0.25) is 0 Å². The third-order valence-corrected chi connectivity index (χ3v) is 4.31. The topological polar surface area (TPSA) is 29.9 Å². The first-order valence-corrected chi connectivity index (χ1v) is 7.85. The van der Waals surface area contributed by atoms with E-state index in [9.17, 15) is 0 Å². The van der Waals surface area contributed by atoms with E-state index in [4.69, 9.17) is 0 Å². The number of nitrogens with one attached hydrogen (secondary N) is 1. The summed E-state index contributed by atoms with van der Waals surface area (Å²) in [4.78, 5) is 4.39. The fourth-order valence-corrected chi connectivity index (χ4v) is 3.04. The van der Waals surface area contributed by atoms with E-state index in [1.807, 2.05) is 6.33 Å². The molecule has 1 fully saturated rings. The van der Waals surface area contributed by atoms with Crippen LogP contribution in [0.1, 0.15) is 77.6 Å². The smallest absolute Gasteiger partial charge is 0.0951 e. The second-order valence-corrected chi connectivity index (χ2v) is 6.60. The van der Waals surface area contributed by atoms with Crippen molar-refractivity contribution in [1.29, 1.82) is 0 Å². The normalized spacial score (nSPS) is 25.7. The van der Waals surface area contributed by atoms with Crippen molar-refractivity contribution in [3.8, 4) is 0 Å². The predicted octanol–water partition coefficient (Wildman–Crippen LogP) is 4.08. The quantitative estimate of drug-likeness (QED) is 0.867. The van der Waals surface area contributed by atoms with E-state index in [-0.39, 0.29) is 0 Å². The first kappa shape index (κ1) is 14.6. The van der Waals surface area contributed by atoms with Crippen molar-refractivity contribution in [1.82, 2.24) is 14.9 Å². The second kappa shape index (κ2) is 6.56. The van der Waals surface area contributed by atoms with Gasteiger partial charge in [0.15, 0.2) is 0 Å². The van der Waals surface area contributed by atoms with Crippen LogP contribution >= 0.6 is 0 Å². The van der Waals surface area contributed by atoms with Gasteiger partial charge in [-0.1, -0.05) is 13.8 Å². The molecule has 3 heteroatoms. The lowest BCUT2D eigenvalue weighted by molar-refractivity contribution is 0.320. The van der Waals surface area contributed by atoms with Gasteiger partial charge in [-0.15, -0.1) is 0 Å². The van der Waals surface area contributed by atoms with Crippen LogP contribution in [0.3, 0.4) is 0 Å². The Kier molecular flexibility index (Phi) is 5.03. The average Bonchev–Trinajstić information content (AvgIpc) is 2.85. The molecule has 1 saturated heterocycles. The minimum atomic E-state index is 0.493. The number of hydrogen-bond donors (Lipinski definition) is 1. The minimum Gasteiger partial charge on any atom is -0.330 e.